The van der Waals surface area contributed by atoms with Crippen LogP contribution in [0, 0.1) is 20.2 Å². The molecule has 0 aliphatic heterocycles. The van der Waals surface area contributed by atoms with Crippen molar-refractivity contribution in [2.24, 2.45) is 4.99 Å². The molecular formula is C17H10F3N5O5. The third-order valence-corrected chi connectivity index (χ3v) is 3.93. The number of halogens is 3. The van der Waals surface area contributed by atoms with Crippen LogP contribution >= 0.6 is 0 Å². The van der Waals surface area contributed by atoms with Crippen LogP contribution in [-0.2, 0) is 6.18 Å². The lowest BCUT2D eigenvalue weighted by molar-refractivity contribution is -0.385. The van der Waals surface area contributed by atoms with Gasteiger partial charge in [-0.05, 0) is 24.3 Å². The average molecular weight is 421 g/mol. The van der Waals surface area contributed by atoms with E-state index in [4.69, 9.17) is 0 Å². The molecule has 1 heterocycles. The number of aromatic nitrogens is 2. The van der Waals surface area contributed by atoms with E-state index in [-0.39, 0.29) is 22.7 Å². The zero-order chi connectivity index (χ0) is 22.1. The van der Waals surface area contributed by atoms with Gasteiger partial charge in [-0.2, -0.15) is 13.2 Å². The molecule has 2 aromatic carbocycles. The van der Waals surface area contributed by atoms with E-state index in [1.807, 2.05) is 5.10 Å². The van der Waals surface area contributed by atoms with Gasteiger partial charge in [-0.1, -0.05) is 0 Å². The Hall–Kier alpha value is -4.29. The summed E-state index contributed by atoms with van der Waals surface area (Å²) >= 11 is 0. The van der Waals surface area contributed by atoms with Gasteiger partial charge < -0.3 is 0 Å². The molecule has 30 heavy (non-hydrogen) atoms. The molecule has 13 heteroatoms. The summed E-state index contributed by atoms with van der Waals surface area (Å²) in [6.07, 6.45) is -4.22. The van der Waals surface area contributed by atoms with Gasteiger partial charge in [0.05, 0.1) is 26.8 Å². The SMILES string of the molecule is O=c1c(C=Nc2ccc([N+](=O)[O-])cc2)c(C(F)(F)F)[nH]n1-c1ccc([N+](=O)[O-])cc1. The van der Waals surface area contributed by atoms with Crippen LogP contribution < -0.4 is 5.56 Å². The van der Waals surface area contributed by atoms with Gasteiger partial charge in [0.15, 0.2) is 5.69 Å². The Morgan fingerprint density at radius 3 is 1.90 bits per heavy atom. The largest absolute Gasteiger partial charge is 0.433 e. The molecule has 3 rings (SSSR count). The quantitative estimate of drug-likeness (QED) is 0.380. The highest BCUT2D eigenvalue weighted by Gasteiger charge is 2.37. The summed E-state index contributed by atoms with van der Waals surface area (Å²) in [7, 11) is 0. The smallest absolute Gasteiger partial charge is 0.286 e. The van der Waals surface area contributed by atoms with Gasteiger partial charge in [0.1, 0.15) is 0 Å². The summed E-state index contributed by atoms with van der Waals surface area (Å²) in [5.74, 6) is 0. The number of rotatable bonds is 5. The number of hydrogen-bond acceptors (Lipinski definition) is 6. The summed E-state index contributed by atoms with van der Waals surface area (Å²) in [6, 6.07) is 8.97. The number of H-pyrrole nitrogens is 1. The second-order valence-corrected chi connectivity index (χ2v) is 5.84. The van der Waals surface area contributed by atoms with E-state index in [1.54, 1.807) is 0 Å². The lowest BCUT2D eigenvalue weighted by Gasteiger charge is -2.04. The first-order valence-electron chi connectivity index (χ1n) is 8.03. The fourth-order valence-electron chi connectivity index (χ4n) is 2.49. The van der Waals surface area contributed by atoms with Crippen molar-refractivity contribution in [3.63, 3.8) is 0 Å². The molecule has 0 radical (unpaired) electrons. The van der Waals surface area contributed by atoms with E-state index in [2.05, 4.69) is 4.99 Å². The summed E-state index contributed by atoms with van der Waals surface area (Å²) in [5.41, 5.74) is -3.72. The van der Waals surface area contributed by atoms with Gasteiger partial charge in [0.2, 0.25) is 0 Å². The van der Waals surface area contributed by atoms with Crippen molar-refractivity contribution in [1.82, 2.24) is 9.78 Å². The number of benzene rings is 2. The van der Waals surface area contributed by atoms with Crippen LogP contribution in [0.25, 0.3) is 5.69 Å². The van der Waals surface area contributed by atoms with Gasteiger partial charge in [0.25, 0.3) is 16.9 Å². The normalized spacial score (nSPS) is 11.7. The van der Waals surface area contributed by atoms with Gasteiger partial charge in [-0.25, -0.2) is 4.68 Å². The average Bonchev–Trinajstić information content (AvgIpc) is 3.03. The molecule has 154 valence electrons. The van der Waals surface area contributed by atoms with Crippen LogP contribution in [0.1, 0.15) is 11.3 Å². The predicted octanol–water partition coefficient (Wildman–Crippen LogP) is 3.75. The minimum Gasteiger partial charge on any atom is -0.286 e. The topological polar surface area (TPSA) is 136 Å². The zero-order valence-corrected chi connectivity index (χ0v) is 14.7. The fraction of sp³-hybridized carbons (Fsp3) is 0.0588. The van der Waals surface area contributed by atoms with E-state index in [9.17, 15) is 38.2 Å². The van der Waals surface area contributed by atoms with E-state index in [1.165, 1.54) is 12.1 Å². The molecule has 0 saturated carbocycles. The highest BCUT2D eigenvalue weighted by Crippen LogP contribution is 2.29. The Morgan fingerprint density at radius 2 is 1.43 bits per heavy atom. The maximum Gasteiger partial charge on any atom is 0.433 e. The number of non-ortho nitro benzene ring substituents is 2. The van der Waals surface area contributed by atoms with Crippen molar-refractivity contribution in [3.05, 3.63) is 90.4 Å². The highest BCUT2D eigenvalue weighted by molar-refractivity contribution is 5.83. The molecule has 0 atom stereocenters. The van der Waals surface area contributed by atoms with Crippen LogP contribution in [0.2, 0.25) is 0 Å². The lowest BCUT2D eigenvalue weighted by atomic mass is 10.2. The molecule has 0 saturated heterocycles. The van der Waals surface area contributed by atoms with E-state index in [0.717, 1.165) is 36.4 Å². The van der Waals surface area contributed by atoms with Crippen LogP contribution in [0.4, 0.5) is 30.2 Å². The first-order chi connectivity index (χ1) is 14.1. The molecular weight excluding hydrogens is 411 g/mol. The van der Waals surface area contributed by atoms with E-state index >= 15 is 0 Å². The number of nitrogens with zero attached hydrogens (tertiary/aromatic N) is 4. The van der Waals surface area contributed by atoms with Crippen molar-refractivity contribution in [1.29, 1.82) is 0 Å². The summed E-state index contributed by atoms with van der Waals surface area (Å²) in [6.45, 7) is 0. The van der Waals surface area contributed by atoms with Crippen LogP contribution in [0.5, 0.6) is 0 Å². The molecule has 0 aliphatic rings. The van der Waals surface area contributed by atoms with Crippen LogP contribution in [0.15, 0.2) is 58.3 Å². The monoisotopic (exact) mass is 421 g/mol. The Morgan fingerprint density at radius 1 is 0.933 bits per heavy atom. The van der Waals surface area contributed by atoms with Crippen molar-refractivity contribution >= 4 is 23.3 Å². The van der Waals surface area contributed by atoms with Gasteiger partial charge in [0, 0.05) is 30.5 Å². The molecule has 0 bridgehead atoms. The third kappa shape index (κ3) is 4.09. The maximum atomic E-state index is 13.4. The molecule has 0 fully saturated rings. The molecule has 1 aromatic heterocycles. The molecule has 3 aromatic rings. The Labute approximate surface area is 164 Å². The first-order valence-corrected chi connectivity index (χ1v) is 8.03. The molecule has 0 amide bonds. The van der Waals surface area contributed by atoms with Gasteiger partial charge in [-0.15, -0.1) is 0 Å². The predicted molar refractivity (Wildman–Crippen MR) is 98.4 cm³/mol. The standard InChI is InChI=1S/C17H10F3N5O5/c18-17(19,20)15-14(9-21-10-1-3-12(4-2-10)24(27)28)16(26)23(22-15)11-5-7-13(8-6-11)25(29)30/h1-9,22H. The van der Waals surface area contributed by atoms with Gasteiger partial charge >= 0.3 is 6.18 Å². The van der Waals surface area contributed by atoms with E-state index in [0.29, 0.717) is 10.9 Å². The molecule has 1 N–H and O–H groups in total. The summed E-state index contributed by atoms with van der Waals surface area (Å²) < 4.78 is 40.7. The van der Waals surface area contributed by atoms with E-state index < -0.39 is 32.8 Å². The molecule has 0 aliphatic carbocycles. The Bertz CT molecular complexity index is 1190. The van der Waals surface area contributed by atoms with Crippen molar-refractivity contribution in [2.45, 2.75) is 6.18 Å². The number of nitro benzene ring substituents is 2. The lowest BCUT2D eigenvalue weighted by Crippen LogP contribution is -2.17. The highest BCUT2D eigenvalue weighted by atomic mass is 19.4. The molecule has 10 nitrogen and oxygen atoms in total. The van der Waals surface area contributed by atoms with Crippen LogP contribution in [0.3, 0.4) is 0 Å². The minimum absolute atomic E-state index is 0.0499. The second kappa shape index (κ2) is 7.62. The van der Waals surface area contributed by atoms with Crippen molar-refractivity contribution < 1.29 is 23.0 Å². The molecule has 0 spiro atoms. The van der Waals surface area contributed by atoms with Crippen molar-refractivity contribution in [2.75, 3.05) is 0 Å². The summed E-state index contributed by atoms with van der Waals surface area (Å²) in [5, 5.41) is 23.3. The number of hydrogen-bond donors (Lipinski definition) is 1. The third-order valence-electron chi connectivity index (χ3n) is 3.93. The second-order valence-electron chi connectivity index (χ2n) is 5.84. The number of nitro groups is 2. The van der Waals surface area contributed by atoms with Crippen molar-refractivity contribution in [3.8, 4) is 5.69 Å². The fourth-order valence-corrected chi connectivity index (χ4v) is 2.49. The first kappa shape index (κ1) is 20.4. The molecule has 0 unspecified atom stereocenters. The Balaban J connectivity index is 2.04. The van der Waals surface area contributed by atoms with Gasteiger partial charge in [-0.3, -0.25) is 35.1 Å². The van der Waals surface area contributed by atoms with Crippen LogP contribution in [-0.4, -0.2) is 25.8 Å². The number of alkyl halides is 3. The number of aliphatic imine (C=N–C) groups is 1. The zero-order valence-electron chi connectivity index (χ0n) is 14.7. The number of nitrogens with one attached hydrogen (secondary N) is 1. The Kier molecular flexibility index (Phi) is 5.19. The minimum atomic E-state index is -4.91. The number of aromatic amines is 1. The maximum absolute atomic E-state index is 13.4. The summed E-state index contributed by atoms with van der Waals surface area (Å²) in [4.78, 5) is 36.3.